The summed E-state index contributed by atoms with van der Waals surface area (Å²) in [5, 5.41) is 13.9. The van der Waals surface area contributed by atoms with Crippen molar-refractivity contribution < 1.29 is 5.11 Å². The highest BCUT2D eigenvalue weighted by atomic mass is 32.1. The van der Waals surface area contributed by atoms with E-state index < -0.39 is 0 Å². The molecule has 3 heteroatoms. The van der Waals surface area contributed by atoms with Crippen molar-refractivity contribution in [1.29, 1.82) is 0 Å². The molecule has 2 rings (SSSR count). The highest BCUT2D eigenvalue weighted by molar-refractivity contribution is 7.19. The van der Waals surface area contributed by atoms with E-state index in [1.54, 1.807) is 0 Å². The zero-order valence-corrected chi connectivity index (χ0v) is 12.1. The van der Waals surface area contributed by atoms with Gasteiger partial charge in [-0.3, -0.25) is 0 Å². The van der Waals surface area contributed by atoms with Crippen molar-refractivity contribution in [3.63, 3.8) is 0 Å². The Morgan fingerprint density at radius 3 is 2.67 bits per heavy atom. The SMILES string of the molecule is Cc1c(C(C)NCC(C)CO)sc2ccccc12. The van der Waals surface area contributed by atoms with E-state index in [9.17, 15) is 0 Å². The van der Waals surface area contributed by atoms with Gasteiger partial charge in [-0.1, -0.05) is 25.1 Å². The van der Waals surface area contributed by atoms with Gasteiger partial charge in [0.2, 0.25) is 0 Å². The van der Waals surface area contributed by atoms with Crippen molar-refractivity contribution in [2.45, 2.75) is 26.8 Å². The van der Waals surface area contributed by atoms with E-state index in [2.05, 4.69) is 50.4 Å². The summed E-state index contributed by atoms with van der Waals surface area (Å²) in [5.41, 5.74) is 1.38. The second-order valence-corrected chi connectivity index (χ2v) is 6.09. The number of benzene rings is 1. The maximum Gasteiger partial charge on any atom is 0.0468 e. The number of aryl methyl sites for hydroxylation is 1. The molecule has 0 aliphatic rings. The molecule has 2 unspecified atom stereocenters. The molecule has 0 fully saturated rings. The van der Waals surface area contributed by atoms with Crippen LogP contribution < -0.4 is 5.32 Å². The smallest absolute Gasteiger partial charge is 0.0468 e. The van der Waals surface area contributed by atoms with E-state index in [0.717, 1.165) is 6.54 Å². The first kappa shape index (κ1) is 13.5. The summed E-state index contributed by atoms with van der Waals surface area (Å²) in [4.78, 5) is 1.40. The summed E-state index contributed by atoms with van der Waals surface area (Å²) >= 11 is 1.87. The van der Waals surface area contributed by atoms with E-state index in [-0.39, 0.29) is 6.61 Å². The minimum absolute atomic E-state index is 0.241. The fourth-order valence-electron chi connectivity index (χ4n) is 2.14. The van der Waals surface area contributed by atoms with Crippen LogP contribution in [0.2, 0.25) is 0 Å². The van der Waals surface area contributed by atoms with Crippen LogP contribution in [-0.4, -0.2) is 18.3 Å². The maximum atomic E-state index is 9.05. The number of nitrogens with one attached hydrogen (secondary N) is 1. The minimum atomic E-state index is 0.241. The summed E-state index contributed by atoms with van der Waals surface area (Å²) in [6.45, 7) is 7.54. The molecule has 1 aromatic heterocycles. The summed E-state index contributed by atoms with van der Waals surface area (Å²) in [6, 6.07) is 8.90. The third-order valence-corrected chi connectivity index (χ3v) is 4.81. The molecule has 0 aliphatic heterocycles. The van der Waals surface area contributed by atoms with E-state index in [0.29, 0.717) is 12.0 Å². The molecule has 18 heavy (non-hydrogen) atoms. The van der Waals surface area contributed by atoms with Gasteiger partial charge in [0, 0.05) is 28.8 Å². The lowest BCUT2D eigenvalue weighted by molar-refractivity contribution is 0.231. The number of rotatable bonds is 5. The number of fused-ring (bicyclic) bond motifs is 1. The average molecular weight is 263 g/mol. The van der Waals surface area contributed by atoms with Crippen molar-refractivity contribution in [1.82, 2.24) is 5.32 Å². The number of hydrogen-bond acceptors (Lipinski definition) is 3. The fourth-order valence-corrected chi connectivity index (χ4v) is 3.38. The standard InChI is InChI=1S/C15H21NOS/c1-10(9-17)8-16-12(3)15-11(2)13-6-4-5-7-14(13)18-15/h4-7,10,12,16-17H,8-9H2,1-3H3. The quantitative estimate of drug-likeness (QED) is 0.865. The molecule has 98 valence electrons. The van der Waals surface area contributed by atoms with Crippen molar-refractivity contribution in [2.24, 2.45) is 5.92 Å². The van der Waals surface area contributed by atoms with Crippen molar-refractivity contribution in [3.05, 3.63) is 34.7 Å². The minimum Gasteiger partial charge on any atom is -0.396 e. The van der Waals surface area contributed by atoms with Gasteiger partial charge in [-0.15, -0.1) is 11.3 Å². The van der Waals surface area contributed by atoms with Gasteiger partial charge in [0.15, 0.2) is 0 Å². The van der Waals surface area contributed by atoms with E-state index in [1.165, 1.54) is 20.5 Å². The molecule has 0 aliphatic carbocycles. The molecule has 1 aromatic carbocycles. The van der Waals surface area contributed by atoms with Crippen LogP contribution >= 0.6 is 11.3 Å². The van der Waals surface area contributed by atoms with Gasteiger partial charge in [-0.25, -0.2) is 0 Å². The Bertz CT molecular complexity index is 520. The van der Waals surface area contributed by atoms with Crippen LogP contribution in [0, 0.1) is 12.8 Å². The third-order valence-electron chi connectivity index (χ3n) is 3.36. The average Bonchev–Trinajstić information content (AvgIpc) is 2.73. The van der Waals surface area contributed by atoms with Gasteiger partial charge in [-0.2, -0.15) is 0 Å². The third kappa shape index (κ3) is 2.74. The molecular weight excluding hydrogens is 242 g/mol. The second-order valence-electron chi connectivity index (χ2n) is 5.01. The molecule has 0 radical (unpaired) electrons. The Kier molecular flexibility index (Phi) is 4.38. The Morgan fingerprint density at radius 2 is 2.00 bits per heavy atom. The molecule has 0 spiro atoms. The maximum absolute atomic E-state index is 9.05. The zero-order valence-electron chi connectivity index (χ0n) is 11.2. The summed E-state index contributed by atoms with van der Waals surface area (Å²) in [6.07, 6.45) is 0. The molecule has 2 nitrogen and oxygen atoms in total. The van der Waals surface area contributed by atoms with Crippen molar-refractivity contribution in [3.8, 4) is 0 Å². The number of aliphatic hydroxyl groups excluding tert-OH is 1. The van der Waals surface area contributed by atoms with Gasteiger partial charge in [0.1, 0.15) is 0 Å². The number of thiophene rings is 1. The summed E-state index contributed by atoms with van der Waals surface area (Å²) < 4.78 is 1.36. The Balaban J connectivity index is 2.17. The van der Waals surface area contributed by atoms with Crippen LogP contribution in [0.15, 0.2) is 24.3 Å². The van der Waals surface area contributed by atoms with E-state index in [1.807, 2.05) is 11.3 Å². The van der Waals surface area contributed by atoms with Crippen molar-refractivity contribution in [2.75, 3.05) is 13.2 Å². The van der Waals surface area contributed by atoms with Crippen LogP contribution in [0.5, 0.6) is 0 Å². The van der Waals surface area contributed by atoms with Crippen LogP contribution in [-0.2, 0) is 0 Å². The zero-order chi connectivity index (χ0) is 13.1. The molecule has 0 bridgehead atoms. The van der Waals surface area contributed by atoms with Gasteiger partial charge < -0.3 is 10.4 Å². The highest BCUT2D eigenvalue weighted by Crippen LogP contribution is 2.34. The van der Waals surface area contributed by atoms with Gasteiger partial charge in [0.05, 0.1) is 0 Å². The Morgan fingerprint density at radius 1 is 1.28 bits per heavy atom. The predicted molar refractivity (Wildman–Crippen MR) is 79.2 cm³/mol. The Hall–Kier alpha value is -0.900. The lowest BCUT2D eigenvalue weighted by Gasteiger charge is -2.16. The first-order chi connectivity index (χ1) is 8.63. The van der Waals surface area contributed by atoms with Crippen molar-refractivity contribution >= 4 is 21.4 Å². The second kappa shape index (κ2) is 5.83. The molecule has 0 amide bonds. The van der Waals surface area contributed by atoms with Gasteiger partial charge in [0.25, 0.3) is 0 Å². The van der Waals surface area contributed by atoms with E-state index >= 15 is 0 Å². The fraction of sp³-hybridized carbons (Fsp3) is 0.467. The Labute approximate surface area is 113 Å². The molecule has 0 saturated carbocycles. The van der Waals surface area contributed by atoms with Crippen LogP contribution in [0.1, 0.15) is 30.3 Å². The lowest BCUT2D eigenvalue weighted by Crippen LogP contribution is -2.25. The monoisotopic (exact) mass is 263 g/mol. The molecule has 2 N–H and O–H groups in total. The predicted octanol–water partition coefficient (Wildman–Crippen LogP) is 3.49. The number of hydrogen-bond donors (Lipinski definition) is 2. The molecule has 1 heterocycles. The molecule has 0 saturated heterocycles. The van der Waals surface area contributed by atoms with Gasteiger partial charge in [-0.05, 0) is 36.8 Å². The first-order valence-electron chi connectivity index (χ1n) is 6.45. The number of aliphatic hydroxyl groups is 1. The topological polar surface area (TPSA) is 32.3 Å². The largest absolute Gasteiger partial charge is 0.396 e. The van der Waals surface area contributed by atoms with E-state index in [4.69, 9.17) is 5.11 Å². The lowest BCUT2D eigenvalue weighted by atomic mass is 10.1. The van der Waals surface area contributed by atoms with Crippen LogP contribution in [0.3, 0.4) is 0 Å². The highest BCUT2D eigenvalue weighted by Gasteiger charge is 2.14. The normalized spacial score (nSPS) is 14.9. The first-order valence-corrected chi connectivity index (χ1v) is 7.27. The van der Waals surface area contributed by atoms with Crippen LogP contribution in [0.4, 0.5) is 0 Å². The summed E-state index contributed by atoms with van der Waals surface area (Å²) in [7, 11) is 0. The molecule has 2 atom stereocenters. The van der Waals surface area contributed by atoms with Gasteiger partial charge >= 0.3 is 0 Å². The molecule has 2 aromatic rings. The van der Waals surface area contributed by atoms with Crippen LogP contribution in [0.25, 0.3) is 10.1 Å². The summed E-state index contributed by atoms with van der Waals surface area (Å²) in [5.74, 6) is 0.308. The molecular formula is C15H21NOS.